The van der Waals surface area contributed by atoms with Crippen LogP contribution < -0.4 is 62.3 Å². The molecule has 2 aliphatic heterocycles. The molecule has 8 aromatic rings. The standard InChI is InChI=1S/C28H39ClN9O3P.C23H28F3N4OP.C21H20F3N4O2P/c1-36-12-14-38(15-13-36)19-8-10-37(11-9-19)20-6-7-22(23(16-20)40-2)32-28-31-17-21(29)25(35-28)34-26-27(41-3)33-24(18-30-26)42(4,5)39;1-32(2,31)18-5-3-17(4-6-18)28-21-27-13-19(23(24,25)26)20(29-21)30-22-10-14-7-15(11-22)9-16(8-14)12-22;1-13(29)14-5-4-6-16(11-14)26-19-18(21(22,23)24)12-25-20(28-19)27-15-7-9-17(10-8-15)31(2,3)30/h6-7,16-19H,8-15H2,1-5H3,(H2,30,31,32,34,35);3-6,13-16H,7-12H2,1-2H3,(H2,27,28,29,30);4-12H,1-3H3,(H2,25,26,27,28). The van der Waals surface area contributed by atoms with Gasteiger partial charge in [0.05, 0.1) is 32.3 Å². The normalized spacial score (nSPS) is 19.3. The minimum atomic E-state index is -4.68. The van der Waals surface area contributed by atoms with Crippen LogP contribution in [-0.4, -0.2) is 168 Å². The van der Waals surface area contributed by atoms with Gasteiger partial charge in [-0.15, -0.1) is 0 Å². The summed E-state index contributed by atoms with van der Waals surface area (Å²) >= 11 is 6.40. The van der Waals surface area contributed by atoms with E-state index in [2.05, 4.69) is 106 Å². The first-order chi connectivity index (χ1) is 49.6. The van der Waals surface area contributed by atoms with Crippen LogP contribution >= 0.6 is 33.0 Å². The van der Waals surface area contributed by atoms with Crippen LogP contribution in [0.3, 0.4) is 0 Å². The molecule has 0 radical (unpaired) electrons. The van der Waals surface area contributed by atoms with Crippen molar-refractivity contribution >= 4 is 124 Å². The lowest BCUT2D eigenvalue weighted by molar-refractivity contribution is -0.138. The number of nitrogens with one attached hydrogen (secondary N) is 6. The lowest BCUT2D eigenvalue weighted by Gasteiger charge is -2.57. The Morgan fingerprint density at radius 1 is 0.552 bits per heavy atom. The summed E-state index contributed by atoms with van der Waals surface area (Å²) in [5, 5.41) is 19.7. The third-order valence-electron chi connectivity index (χ3n) is 19.4. The van der Waals surface area contributed by atoms with Crippen molar-refractivity contribution < 1.29 is 54.3 Å². The number of ether oxygens (including phenoxy) is 2. The van der Waals surface area contributed by atoms with E-state index in [1.165, 1.54) is 57.8 Å². The second-order valence-electron chi connectivity index (χ2n) is 28.6. The summed E-state index contributed by atoms with van der Waals surface area (Å²) in [7, 11) is -2.09. The fraction of sp³-hybridized carbons (Fsp3) is 0.431. The van der Waals surface area contributed by atoms with Gasteiger partial charge in [0.15, 0.2) is 17.4 Å². The van der Waals surface area contributed by atoms with Gasteiger partial charge in [-0.25, -0.2) is 24.9 Å². The van der Waals surface area contributed by atoms with Gasteiger partial charge in [0.2, 0.25) is 17.8 Å². The van der Waals surface area contributed by atoms with Gasteiger partial charge in [-0.1, -0.05) is 23.7 Å². The van der Waals surface area contributed by atoms with Crippen LogP contribution in [0, 0.1) is 17.8 Å². The molecule has 4 aromatic heterocycles. The van der Waals surface area contributed by atoms with Crippen molar-refractivity contribution in [3.8, 4) is 11.6 Å². The SMILES string of the molecule is CC(=O)c1cccc(Nc2nc(Nc3ccc(P(C)(C)=O)cc3)ncc2C(F)(F)F)c1.COc1cc(N2CCC(N3CCN(C)CC3)CC2)ccc1Nc1ncc(Cl)c(Nc2ncc(P(C)(C)=O)nc2OC)n1.CP(C)(=O)c1ccc(Nc2ncc(C(F)(F)F)c(NC34CC5CC(CC(C5)C3)C4)n2)cc1. The third-order valence-corrected chi connectivity index (χ3v) is 24.1. The predicted molar refractivity (Wildman–Crippen MR) is 405 cm³/mol. The highest BCUT2D eigenvalue weighted by Gasteiger charge is 2.52. The Kier molecular flexibility index (Phi) is 23.6. The first-order valence-electron chi connectivity index (χ1n) is 34.4. The van der Waals surface area contributed by atoms with Gasteiger partial charge in [-0.05, 0) is 196 Å². The van der Waals surface area contributed by atoms with Crippen LogP contribution in [0.2, 0.25) is 5.02 Å². The molecule has 0 atom stereocenters. The smallest absolute Gasteiger partial charge is 0.421 e. The van der Waals surface area contributed by atoms with Crippen LogP contribution in [0.25, 0.3) is 0 Å². The average Bonchev–Trinajstić information content (AvgIpc) is 0.741. The molecule has 4 saturated carbocycles. The van der Waals surface area contributed by atoms with Gasteiger partial charge in [-0.3, -0.25) is 9.69 Å². The third kappa shape index (κ3) is 20.0. The number of aromatic nitrogens is 8. The molecule has 0 spiro atoms. The minimum absolute atomic E-state index is 0.0536. The molecule has 0 unspecified atom stereocenters. The highest BCUT2D eigenvalue weighted by atomic mass is 35.5. The first-order valence-corrected chi connectivity index (χ1v) is 42.5. The highest BCUT2D eigenvalue weighted by molar-refractivity contribution is 7.70. The molecule has 33 heteroatoms. The first kappa shape index (κ1) is 77.6. The lowest BCUT2D eigenvalue weighted by atomic mass is 9.53. The van der Waals surface area contributed by atoms with Crippen molar-refractivity contribution in [1.29, 1.82) is 0 Å². The Labute approximate surface area is 611 Å². The Hall–Kier alpha value is -8.45. The van der Waals surface area contributed by atoms with Crippen LogP contribution in [-0.2, 0) is 26.0 Å². The van der Waals surface area contributed by atoms with E-state index >= 15 is 0 Å². The van der Waals surface area contributed by atoms with Gasteiger partial charge >= 0.3 is 12.4 Å². The summed E-state index contributed by atoms with van der Waals surface area (Å²) in [6.07, 6.45) is 3.99. The van der Waals surface area contributed by atoms with E-state index in [1.807, 2.05) is 6.07 Å². The van der Waals surface area contributed by atoms with Gasteiger partial charge in [0, 0.05) is 108 Å². The molecule has 0 amide bonds. The highest BCUT2D eigenvalue weighted by Crippen LogP contribution is 2.57. The number of piperidine rings is 1. The molecule has 4 bridgehead atoms. The van der Waals surface area contributed by atoms with Crippen LogP contribution in [0.1, 0.15) is 79.8 Å². The number of halogens is 7. The zero-order chi connectivity index (χ0) is 75.4. The molecule has 14 rings (SSSR count). The van der Waals surface area contributed by atoms with Gasteiger partial charge < -0.3 is 64.9 Å². The summed E-state index contributed by atoms with van der Waals surface area (Å²) < 4.78 is 129. The summed E-state index contributed by atoms with van der Waals surface area (Å²) in [5.41, 5.74) is 1.86. The largest absolute Gasteiger partial charge is 0.494 e. The van der Waals surface area contributed by atoms with Crippen molar-refractivity contribution in [2.24, 2.45) is 17.8 Å². The van der Waals surface area contributed by atoms with E-state index in [4.69, 9.17) is 21.1 Å². The van der Waals surface area contributed by atoms with E-state index in [0.717, 1.165) is 94.2 Å². The van der Waals surface area contributed by atoms with Crippen molar-refractivity contribution in [3.63, 3.8) is 0 Å². The molecule has 6 N–H and O–H groups in total. The van der Waals surface area contributed by atoms with Crippen LogP contribution in [0.15, 0.2) is 116 Å². The fourth-order valence-corrected chi connectivity index (χ4v) is 16.8. The molecule has 560 valence electrons. The number of benzene rings is 4. The maximum Gasteiger partial charge on any atom is 0.421 e. The van der Waals surface area contributed by atoms with E-state index in [-0.39, 0.29) is 45.6 Å². The number of hydrogen-bond donors (Lipinski definition) is 6. The topological polar surface area (TPSA) is 272 Å². The summed E-state index contributed by atoms with van der Waals surface area (Å²) in [6.45, 7) is 18.0. The number of rotatable bonds is 20. The number of methoxy groups -OCH3 is 2. The number of likely N-dealkylation sites (N-methyl/N-ethyl adjacent to an activating group) is 1. The number of nitrogens with zero attached hydrogens (tertiary/aromatic N) is 11. The lowest BCUT2D eigenvalue weighted by Crippen LogP contribution is -2.55. The van der Waals surface area contributed by atoms with Gasteiger partial charge in [-0.2, -0.15) is 41.3 Å². The number of carbonyl (C=O) groups is 1. The molecular weight excluding hydrogens is 1440 g/mol. The van der Waals surface area contributed by atoms with E-state index < -0.39 is 50.7 Å². The van der Waals surface area contributed by atoms with Gasteiger partial charge in [0.1, 0.15) is 60.4 Å². The van der Waals surface area contributed by atoms with E-state index in [0.29, 0.717) is 81.0 Å². The number of ketones is 1. The monoisotopic (exact) mass is 1530 g/mol. The number of piperazine rings is 1. The summed E-state index contributed by atoms with van der Waals surface area (Å²) in [5.74, 6) is 2.86. The zero-order valence-corrected chi connectivity index (χ0v) is 63.5. The second-order valence-corrected chi connectivity index (χ2v) is 38.6. The van der Waals surface area contributed by atoms with Crippen molar-refractivity contribution in [2.75, 3.05) is 137 Å². The van der Waals surface area contributed by atoms with Crippen LogP contribution in [0.4, 0.5) is 95.9 Å². The molecule has 2 saturated heterocycles. The van der Waals surface area contributed by atoms with Crippen molar-refractivity contribution in [3.05, 3.63) is 137 Å². The Bertz CT molecular complexity index is 4540. The maximum atomic E-state index is 13.8. The fourth-order valence-electron chi connectivity index (χ4n) is 14.3. The predicted octanol–water partition coefficient (Wildman–Crippen LogP) is 15.2. The minimum Gasteiger partial charge on any atom is -0.494 e. The van der Waals surface area contributed by atoms with Crippen LogP contribution in [0.5, 0.6) is 11.6 Å². The van der Waals surface area contributed by atoms with E-state index in [9.17, 15) is 44.8 Å². The number of carbonyl (C=O) groups excluding carboxylic acids is 1. The number of anilines is 12. The maximum absolute atomic E-state index is 13.8. The number of hydrogen-bond acceptors (Lipinski definition) is 23. The average molecular weight is 1530 g/mol. The second kappa shape index (κ2) is 31.9. The Balaban J connectivity index is 0.000000160. The number of alkyl halides is 6. The summed E-state index contributed by atoms with van der Waals surface area (Å²) in [4.78, 5) is 52.6. The summed E-state index contributed by atoms with van der Waals surface area (Å²) in [6, 6.07) is 26.5. The molecular formula is C72H87ClF6N17O6P3. The Morgan fingerprint density at radius 3 is 1.59 bits per heavy atom. The van der Waals surface area contributed by atoms with Gasteiger partial charge in [0.25, 0.3) is 5.88 Å². The molecule has 4 aliphatic carbocycles. The molecule has 6 heterocycles. The van der Waals surface area contributed by atoms with Crippen molar-refractivity contribution in [1.82, 2.24) is 49.7 Å². The molecule has 4 aromatic carbocycles. The molecule has 23 nitrogen and oxygen atoms in total. The number of Topliss-reactive ketones (excluding diaryl/α,β-unsaturated/α-hetero) is 1. The molecule has 105 heavy (non-hydrogen) atoms. The van der Waals surface area contributed by atoms with E-state index in [1.54, 1.807) is 108 Å². The zero-order valence-electron chi connectivity index (χ0n) is 60.0. The Morgan fingerprint density at radius 2 is 1.08 bits per heavy atom. The molecule has 6 aliphatic rings. The van der Waals surface area contributed by atoms with Crippen molar-refractivity contribution in [2.45, 2.75) is 82.2 Å². The quantitative estimate of drug-likeness (QED) is 0.0235. The molecule has 6 fully saturated rings.